The molecule has 1 heterocycles. The fourth-order valence-corrected chi connectivity index (χ4v) is 2.54. The van der Waals surface area contributed by atoms with Gasteiger partial charge < -0.3 is 5.73 Å². The van der Waals surface area contributed by atoms with Crippen LogP contribution in [0.25, 0.3) is 11.4 Å². The van der Waals surface area contributed by atoms with Gasteiger partial charge in [0.25, 0.3) is 5.91 Å². The average molecular weight is 349 g/mol. The Morgan fingerprint density at radius 3 is 2.31 bits per heavy atom. The molecule has 0 aliphatic carbocycles. The van der Waals surface area contributed by atoms with E-state index in [1.165, 1.54) is 5.56 Å². The van der Waals surface area contributed by atoms with E-state index in [1.807, 2.05) is 24.3 Å². The summed E-state index contributed by atoms with van der Waals surface area (Å²) < 4.78 is 0. The van der Waals surface area contributed by atoms with Crippen LogP contribution in [0.3, 0.4) is 0 Å². The minimum Gasteiger partial charge on any atom is -0.326 e. The number of hydrogen-bond donors (Lipinski definition) is 3. The van der Waals surface area contributed by atoms with Crippen LogP contribution in [0, 0.1) is 0 Å². The second kappa shape index (κ2) is 7.09. The van der Waals surface area contributed by atoms with E-state index in [0.29, 0.717) is 17.9 Å². The Kier molecular flexibility index (Phi) is 4.86. The van der Waals surface area contributed by atoms with Crippen molar-refractivity contribution in [2.45, 2.75) is 32.7 Å². The summed E-state index contributed by atoms with van der Waals surface area (Å²) in [7, 11) is 0. The monoisotopic (exact) mass is 349 g/mol. The summed E-state index contributed by atoms with van der Waals surface area (Å²) in [5, 5.41) is 9.64. The summed E-state index contributed by atoms with van der Waals surface area (Å²) in [6.07, 6.45) is 0. The van der Waals surface area contributed by atoms with Gasteiger partial charge in [-0.1, -0.05) is 57.2 Å². The van der Waals surface area contributed by atoms with E-state index >= 15 is 0 Å². The quantitative estimate of drug-likeness (QED) is 0.672. The summed E-state index contributed by atoms with van der Waals surface area (Å²) in [4.78, 5) is 16.6. The van der Waals surface area contributed by atoms with Gasteiger partial charge in [0.05, 0.1) is 0 Å². The third-order valence-corrected chi connectivity index (χ3v) is 4.19. The van der Waals surface area contributed by atoms with Gasteiger partial charge in [0, 0.05) is 17.7 Å². The first-order valence-electron chi connectivity index (χ1n) is 8.50. The number of benzene rings is 2. The van der Waals surface area contributed by atoms with Crippen molar-refractivity contribution in [3.05, 3.63) is 65.2 Å². The van der Waals surface area contributed by atoms with Crippen molar-refractivity contribution in [2.75, 3.05) is 5.32 Å². The van der Waals surface area contributed by atoms with Crippen LogP contribution in [0.2, 0.25) is 0 Å². The number of carbonyl (C=O) groups is 1. The lowest BCUT2D eigenvalue weighted by atomic mass is 9.87. The number of nitrogens with zero attached hydrogens (tertiary/aromatic N) is 2. The Bertz CT molecular complexity index is 889. The number of anilines is 1. The van der Waals surface area contributed by atoms with Gasteiger partial charge in [-0.25, -0.2) is 0 Å². The number of carbonyl (C=O) groups excluding carboxylic acids is 1. The number of rotatable bonds is 4. The average Bonchev–Trinajstić information content (AvgIpc) is 3.09. The van der Waals surface area contributed by atoms with E-state index in [9.17, 15) is 4.79 Å². The molecule has 0 radical (unpaired) electrons. The molecule has 0 saturated heterocycles. The molecule has 2 aromatic carbocycles. The van der Waals surface area contributed by atoms with E-state index in [-0.39, 0.29) is 17.3 Å². The van der Waals surface area contributed by atoms with Gasteiger partial charge in [-0.05, 0) is 28.7 Å². The van der Waals surface area contributed by atoms with Gasteiger partial charge in [-0.2, -0.15) is 4.98 Å². The van der Waals surface area contributed by atoms with Crippen LogP contribution in [0.5, 0.6) is 0 Å². The Morgan fingerprint density at radius 2 is 1.73 bits per heavy atom. The number of nitrogens with two attached hydrogens (primary N) is 1. The molecule has 0 bridgehead atoms. The number of hydrogen-bond acceptors (Lipinski definition) is 4. The zero-order valence-electron chi connectivity index (χ0n) is 15.2. The lowest BCUT2D eigenvalue weighted by molar-refractivity contribution is 0.102. The highest BCUT2D eigenvalue weighted by Gasteiger charge is 2.14. The van der Waals surface area contributed by atoms with Crippen molar-refractivity contribution < 1.29 is 4.79 Å². The predicted octanol–water partition coefficient (Wildman–Crippen LogP) is 3.48. The van der Waals surface area contributed by atoms with Crippen LogP contribution in [0.15, 0.2) is 48.5 Å². The number of H-pyrrole nitrogens is 1. The maximum absolute atomic E-state index is 12.3. The molecular formula is C20H23N5O. The highest BCUT2D eigenvalue weighted by atomic mass is 16.1. The third kappa shape index (κ3) is 3.97. The first-order valence-corrected chi connectivity index (χ1v) is 8.50. The molecule has 26 heavy (non-hydrogen) atoms. The summed E-state index contributed by atoms with van der Waals surface area (Å²) in [5.74, 6) is 0.592. The van der Waals surface area contributed by atoms with Crippen LogP contribution in [0.4, 0.5) is 5.95 Å². The highest BCUT2D eigenvalue weighted by Crippen LogP contribution is 2.25. The molecule has 0 unspecified atom stereocenters. The van der Waals surface area contributed by atoms with E-state index in [0.717, 1.165) is 11.1 Å². The molecule has 3 rings (SSSR count). The van der Waals surface area contributed by atoms with E-state index < -0.39 is 0 Å². The first-order chi connectivity index (χ1) is 12.4. The molecule has 0 aliphatic heterocycles. The van der Waals surface area contributed by atoms with Gasteiger partial charge in [0.15, 0.2) is 5.82 Å². The summed E-state index contributed by atoms with van der Waals surface area (Å²) in [5.41, 5.74) is 9.33. The molecule has 1 aromatic heterocycles. The summed E-state index contributed by atoms with van der Waals surface area (Å²) >= 11 is 0. The highest BCUT2D eigenvalue weighted by molar-refractivity contribution is 6.03. The summed E-state index contributed by atoms with van der Waals surface area (Å²) in [6, 6.07) is 15.3. The molecule has 0 aliphatic rings. The van der Waals surface area contributed by atoms with Crippen molar-refractivity contribution >= 4 is 11.9 Å². The molecule has 4 N–H and O–H groups in total. The molecule has 0 fully saturated rings. The van der Waals surface area contributed by atoms with Crippen LogP contribution in [-0.2, 0) is 12.0 Å². The fourth-order valence-electron chi connectivity index (χ4n) is 2.54. The fraction of sp³-hybridized carbons (Fsp3) is 0.250. The lowest BCUT2D eigenvalue weighted by Crippen LogP contribution is -2.13. The number of amides is 1. The third-order valence-electron chi connectivity index (χ3n) is 4.19. The van der Waals surface area contributed by atoms with Gasteiger partial charge in [-0.3, -0.25) is 15.2 Å². The number of aromatic nitrogens is 3. The minimum absolute atomic E-state index is 0.0958. The van der Waals surface area contributed by atoms with Crippen molar-refractivity contribution in [3.63, 3.8) is 0 Å². The Morgan fingerprint density at radius 1 is 1.08 bits per heavy atom. The van der Waals surface area contributed by atoms with Gasteiger partial charge in [0.1, 0.15) is 0 Å². The van der Waals surface area contributed by atoms with Crippen molar-refractivity contribution in [2.24, 2.45) is 5.73 Å². The Labute approximate surface area is 152 Å². The van der Waals surface area contributed by atoms with E-state index in [4.69, 9.17) is 5.73 Å². The summed E-state index contributed by atoms with van der Waals surface area (Å²) in [6.45, 7) is 6.96. The smallest absolute Gasteiger partial charge is 0.258 e. The van der Waals surface area contributed by atoms with E-state index in [1.54, 1.807) is 12.1 Å². The van der Waals surface area contributed by atoms with Gasteiger partial charge in [0.2, 0.25) is 5.95 Å². The zero-order chi connectivity index (χ0) is 18.7. The Balaban J connectivity index is 1.72. The topological polar surface area (TPSA) is 96.7 Å². The predicted molar refractivity (Wildman–Crippen MR) is 103 cm³/mol. The van der Waals surface area contributed by atoms with Crippen LogP contribution in [0.1, 0.15) is 42.3 Å². The minimum atomic E-state index is -0.262. The second-order valence-corrected chi connectivity index (χ2v) is 7.19. The van der Waals surface area contributed by atoms with Crippen molar-refractivity contribution in [1.29, 1.82) is 0 Å². The van der Waals surface area contributed by atoms with Crippen LogP contribution < -0.4 is 11.1 Å². The van der Waals surface area contributed by atoms with Crippen molar-refractivity contribution in [1.82, 2.24) is 15.2 Å². The standard InChI is InChI=1S/C20H23N5O/c1-20(2,3)16-10-8-14(9-11-16)17-22-19(25-24-17)23-18(26)15-6-4-13(12-21)5-7-15/h4-11H,12,21H2,1-3H3,(H2,22,23,24,25,26). The second-order valence-electron chi connectivity index (χ2n) is 7.19. The SMILES string of the molecule is CC(C)(C)c1ccc(-c2nc(NC(=O)c3ccc(CN)cc3)n[nH]2)cc1. The molecule has 0 atom stereocenters. The van der Waals surface area contributed by atoms with Crippen LogP contribution >= 0.6 is 0 Å². The first kappa shape index (κ1) is 17.8. The zero-order valence-corrected chi connectivity index (χ0v) is 15.2. The molecule has 3 aromatic rings. The maximum atomic E-state index is 12.3. The maximum Gasteiger partial charge on any atom is 0.258 e. The van der Waals surface area contributed by atoms with E-state index in [2.05, 4.69) is 53.4 Å². The number of nitrogens with one attached hydrogen (secondary N) is 2. The molecule has 0 spiro atoms. The van der Waals surface area contributed by atoms with Gasteiger partial charge >= 0.3 is 0 Å². The largest absolute Gasteiger partial charge is 0.326 e. The molecule has 1 amide bonds. The molecule has 6 nitrogen and oxygen atoms in total. The van der Waals surface area contributed by atoms with Crippen LogP contribution in [-0.4, -0.2) is 21.1 Å². The van der Waals surface area contributed by atoms with Crippen molar-refractivity contribution in [3.8, 4) is 11.4 Å². The lowest BCUT2D eigenvalue weighted by Gasteiger charge is -2.18. The molecule has 0 saturated carbocycles. The molecule has 6 heteroatoms. The molecule has 134 valence electrons. The Hall–Kier alpha value is -2.99. The van der Waals surface area contributed by atoms with Gasteiger partial charge in [-0.15, -0.1) is 5.10 Å². The molecular weight excluding hydrogens is 326 g/mol. The normalized spacial score (nSPS) is 11.4. The number of aromatic amines is 1.